The molecule has 0 aliphatic heterocycles. The second-order valence-electron chi connectivity index (χ2n) is 8.01. The maximum atomic E-state index is 13.7. The largest absolute Gasteiger partial charge is 0.422 e. The number of thiazole rings is 1. The number of pyridine rings is 1. The van der Waals surface area contributed by atoms with E-state index in [-0.39, 0.29) is 34.7 Å². The number of benzene rings is 2. The van der Waals surface area contributed by atoms with Gasteiger partial charge in [-0.2, -0.15) is 13.8 Å². The van der Waals surface area contributed by atoms with Crippen molar-refractivity contribution in [2.24, 2.45) is 0 Å². The average molecular weight is 578 g/mol. The second-order valence-corrected chi connectivity index (χ2v) is 11.9. The van der Waals surface area contributed by atoms with Crippen LogP contribution < -0.4 is 4.72 Å². The Morgan fingerprint density at radius 3 is 2.45 bits per heavy atom. The molecule has 0 fully saturated rings. The molecule has 0 amide bonds. The third kappa shape index (κ3) is 5.81. The lowest BCUT2D eigenvalue weighted by Gasteiger charge is -2.12. The Bertz CT molecular complexity index is 1720. The summed E-state index contributed by atoms with van der Waals surface area (Å²) in [6.07, 6.45) is 0. The molecule has 0 bridgehead atoms. The predicted molar refractivity (Wildman–Crippen MR) is 136 cm³/mol. The SMILES string of the molecule is O=S(O)NCc1nnc(C(c2nc3ccc(-c4cc(F)nc(F)c4)cc3s2)S(=O)(=O)Cc2ccccc2)o1. The van der Waals surface area contributed by atoms with Crippen molar-refractivity contribution in [1.82, 2.24) is 24.9 Å². The van der Waals surface area contributed by atoms with Gasteiger partial charge in [0, 0.05) is 12.1 Å². The Hall–Kier alpha value is -3.50. The third-order valence-corrected chi connectivity index (χ3v) is 8.85. The highest BCUT2D eigenvalue weighted by molar-refractivity contribution is 7.91. The molecule has 5 aromatic rings. The van der Waals surface area contributed by atoms with Crippen LogP contribution in [0.25, 0.3) is 21.3 Å². The Morgan fingerprint density at radius 2 is 1.74 bits per heavy atom. The van der Waals surface area contributed by atoms with Crippen LogP contribution in [-0.4, -0.2) is 37.3 Å². The van der Waals surface area contributed by atoms with Crippen LogP contribution in [0.5, 0.6) is 0 Å². The van der Waals surface area contributed by atoms with E-state index in [0.29, 0.717) is 21.3 Å². The highest BCUT2D eigenvalue weighted by atomic mass is 32.2. The molecule has 0 saturated carbocycles. The molecule has 10 nitrogen and oxygen atoms in total. The molecule has 2 aromatic carbocycles. The minimum Gasteiger partial charge on any atom is -0.422 e. The van der Waals surface area contributed by atoms with Gasteiger partial charge in [0.05, 0.1) is 22.5 Å². The highest BCUT2D eigenvalue weighted by Gasteiger charge is 2.37. The Labute approximate surface area is 221 Å². The van der Waals surface area contributed by atoms with Gasteiger partial charge in [0.1, 0.15) is 5.01 Å². The Morgan fingerprint density at radius 1 is 1.00 bits per heavy atom. The number of fused-ring (bicyclic) bond motifs is 1. The van der Waals surface area contributed by atoms with Crippen molar-refractivity contribution in [3.8, 4) is 11.1 Å². The number of hydrogen-bond donors (Lipinski definition) is 2. The second kappa shape index (κ2) is 10.7. The predicted octanol–water partition coefficient (Wildman–Crippen LogP) is 3.95. The summed E-state index contributed by atoms with van der Waals surface area (Å²) in [6.45, 7) is -0.260. The molecule has 15 heteroatoms. The van der Waals surface area contributed by atoms with Gasteiger partial charge in [-0.15, -0.1) is 21.5 Å². The first-order chi connectivity index (χ1) is 18.2. The summed E-state index contributed by atoms with van der Waals surface area (Å²) in [5.74, 6) is -2.62. The van der Waals surface area contributed by atoms with Gasteiger partial charge < -0.3 is 4.42 Å². The standard InChI is InChI=1S/C23H17F2N5O5S3/c24-18-9-15(10-19(25)28-18)14-6-7-16-17(8-14)36-23(27-16)21(22-30-29-20(35-22)11-26-37(31)32)38(33,34)12-13-4-2-1-3-5-13/h1-10,21,26H,11-12H2,(H,31,32). The molecule has 5 rings (SSSR count). The maximum Gasteiger partial charge on any atom is 0.241 e. The van der Waals surface area contributed by atoms with E-state index in [2.05, 4.69) is 24.9 Å². The molecule has 0 radical (unpaired) electrons. The third-order valence-electron chi connectivity index (χ3n) is 5.35. The van der Waals surface area contributed by atoms with Crippen molar-refractivity contribution in [3.05, 3.63) is 94.9 Å². The summed E-state index contributed by atoms with van der Waals surface area (Å²) < 4.78 is 82.8. The fourth-order valence-electron chi connectivity index (χ4n) is 3.74. The number of nitrogens with zero attached hydrogens (tertiary/aromatic N) is 4. The zero-order valence-corrected chi connectivity index (χ0v) is 21.6. The van der Waals surface area contributed by atoms with Crippen LogP contribution in [0.4, 0.5) is 8.78 Å². The van der Waals surface area contributed by atoms with Gasteiger partial charge in [-0.05, 0) is 28.8 Å². The fraction of sp³-hybridized carbons (Fsp3) is 0.130. The molecule has 0 aliphatic rings. The first kappa shape index (κ1) is 26.1. The van der Waals surface area contributed by atoms with Crippen LogP contribution in [0, 0.1) is 11.9 Å². The van der Waals surface area contributed by atoms with Gasteiger partial charge in [0.25, 0.3) is 0 Å². The molecule has 2 N–H and O–H groups in total. The summed E-state index contributed by atoms with van der Waals surface area (Å²) in [5, 5.41) is 6.40. The molecule has 2 atom stereocenters. The maximum absolute atomic E-state index is 13.7. The van der Waals surface area contributed by atoms with E-state index in [9.17, 15) is 21.4 Å². The zero-order chi connectivity index (χ0) is 26.9. The number of rotatable bonds is 9. The molecular formula is C23H17F2N5O5S3. The summed E-state index contributed by atoms with van der Waals surface area (Å²) in [4.78, 5) is 7.60. The van der Waals surface area contributed by atoms with E-state index in [1.807, 2.05) is 0 Å². The van der Waals surface area contributed by atoms with E-state index in [1.54, 1.807) is 48.5 Å². The van der Waals surface area contributed by atoms with Crippen LogP contribution in [-0.2, 0) is 33.4 Å². The molecule has 2 unspecified atom stereocenters. The number of sulfone groups is 1. The smallest absolute Gasteiger partial charge is 0.241 e. The molecule has 0 spiro atoms. The van der Waals surface area contributed by atoms with Gasteiger partial charge in [-0.3, -0.25) is 4.55 Å². The van der Waals surface area contributed by atoms with Crippen molar-refractivity contribution in [2.45, 2.75) is 17.5 Å². The van der Waals surface area contributed by atoms with Crippen molar-refractivity contribution < 1.29 is 30.4 Å². The lowest BCUT2D eigenvalue weighted by molar-refractivity contribution is 0.442. The lowest BCUT2D eigenvalue weighted by Crippen LogP contribution is -2.17. The topological polar surface area (TPSA) is 148 Å². The van der Waals surface area contributed by atoms with Gasteiger partial charge >= 0.3 is 0 Å². The Balaban J connectivity index is 1.57. The van der Waals surface area contributed by atoms with Gasteiger partial charge in [-0.25, -0.2) is 22.3 Å². The molecule has 3 heterocycles. The number of hydrogen-bond acceptors (Lipinski definition) is 9. The number of aromatic nitrogens is 4. The molecule has 196 valence electrons. The highest BCUT2D eigenvalue weighted by Crippen LogP contribution is 2.38. The van der Waals surface area contributed by atoms with Crippen molar-refractivity contribution in [3.63, 3.8) is 0 Å². The van der Waals surface area contributed by atoms with E-state index in [1.165, 1.54) is 0 Å². The Kier molecular flexibility index (Phi) is 7.36. The molecule has 0 aliphatic carbocycles. The molecular weight excluding hydrogens is 560 g/mol. The van der Waals surface area contributed by atoms with Crippen molar-refractivity contribution in [2.75, 3.05) is 0 Å². The lowest BCUT2D eigenvalue weighted by atomic mass is 10.1. The van der Waals surface area contributed by atoms with Crippen LogP contribution in [0.15, 0.2) is 65.1 Å². The van der Waals surface area contributed by atoms with Gasteiger partial charge in [-0.1, -0.05) is 36.4 Å². The molecule has 0 saturated heterocycles. The quantitative estimate of drug-likeness (QED) is 0.196. The summed E-state index contributed by atoms with van der Waals surface area (Å²) in [6, 6.07) is 15.6. The normalized spacial score (nSPS) is 13.6. The van der Waals surface area contributed by atoms with Crippen molar-refractivity contribution in [1.29, 1.82) is 0 Å². The van der Waals surface area contributed by atoms with Gasteiger partial charge in [0.15, 0.2) is 15.1 Å². The minimum atomic E-state index is -4.01. The zero-order valence-electron chi connectivity index (χ0n) is 19.1. The summed E-state index contributed by atoms with van der Waals surface area (Å²) >= 11 is -1.28. The number of nitrogens with one attached hydrogen (secondary N) is 1. The van der Waals surface area contributed by atoms with E-state index < -0.39 is 38.2 Å². The fourth-order valence-corrected chi connectivity index (χ4v) is 7.13. The van der Waals surface area contributed by atoms with Gasteiger partial charge in [0.2, 0.25) is 34.9 Å². The number of halogens is 2. The van der Waals surface area contributed by atoms with E-state index in [0.717, 1.165) is 23.5 Å². The average Bonchev–Trinajstić information content (AvgIpc) is 3.49. The summed E-state index contributed by atoms with van der Waals surface area (Å²) in [7, 11) is -4.01. The van der Waals surface area contributed by atoms with Crippen LogP contribution in [0.3, 0.4) is 0 Å². The van der Waals surface area contributed by atoms with E-state index in [4.69, 9.17) is 8.97 Å². The molecule has 3 aromatic heterocycles. The first-order valence-electron chi connectivity index (χ1n) is 10.8. The van der Waals surface area contributed by atoms with Crippen LogP contribution >= 0.6 is 11.3 Å². The van der Waals surface area contributed by atoms with Crippen LogP contribution in [0.2, 0.25) is 0 Å². The summed E-state index contributed by atoms with van der Waals surface area (Å²) in [5.41, 5.74) is 1.75. The monoisotopic (exact) mass is 577 g/mol. The van der Waals surface area contributed by atoms with E-state index >= 15 is 0 Å². The minimum absolute atomic E-state index is 0.0903. The van der Waals surface area contributed by atoms with Crippen molar-refractivity contribution >= 4 is 42.7 Å². The molecule has 38 heavy (non-hydrogen) atoms. The van der Waals surface area contributed by atoms with Crippen LogP contribution in [0.1, 0.15) is 27.6 Å². The first-order valence-corrected chi connectivity index (χ1v) is 14.5.